The summed E-state index contributed by atoms with van der Waals surface area (Å²) in [5, 5.41) is 3.22. The van der Waals surface area contributed by atoms with E-state index >= 15 is 0 Å². The van der Waals surface area contributed by atoms with Crippen LogP contribution < -0.4 is 16.6 Å². The van der Waals surface area contributed by atoms with Gasteiger partial charge in [0.1, 0.15) is 0 Å². The highest BCUT2D eigenvalue weighted by atomic mass is 32.2. The topological polar surface area (TPSA) is 50.1 Å². The minimum atomic E-state index is 0.645. The molecule has 0 saturated heterocycles. The number of hydrogen-bond donors (Lipinski definition) is 3. The normalized spacial score (nSPS) is 15.0. The molecular weight excluding hydrogens is 206 g/mol. The van der Waals surface area contributed by atoms with E-state index in [1.54, 1.807) is 0 Å². The fraction of sp³-hybridized carbons (Fsp3) is 0.455. The highest BCUT2D eigenvalue weighted by Gasteiger charge is 2.09. The van der Waals surface area contributed by atoms with Crippen molar-refractivity contribution in [2.24, 2.45) is 5.84 Å². The first-order valence-corrected chi connectivity index (χ1v) is 6.27. The predicted octanol–water partition coefficient (Wildman–Crippen LogP) is 1.24. The number of rotatable bonds is 4. The van der Waals surface area contributed by atoms with Crippen LogP contribution >= 0.6 is 11.8 Å². The van der Waals surface area contributed by atoms with Crippen molar-refractivity contribution in [2.45, 2.75) is 24.3 Å². The number of thioether (sulfide) groups is 1. The van der Waals surface area contributed by atoms with Crippen molar-refractivity contribution in [1.29, 1.82) is 0 Å². The van der Waals surface area contributed by atoms with Crippen molar-refractivity contribution in [3.63, 3.8) is 0 Å². The summed E-state index contributed by atoms with van der Waals surface area (Å²) < 4.78 is 0. The summed E-state index contributed by atoms with van der Waals surface area (Å²) in [6.07, 6.45) is 2.53. The van der Waals surface area contributed by atoms with E-state index in [0.29, 0.717) is 6.67 Å². The minimum Gasteiger partial charge on any atom is -0.299 e. The summed E-state index contributed by atoms with van der Waals surface area (Å²) >= 11 is 1.97. The van der Waals surface area contributed by atoms with Gasteiger partial charge in [-0.3, -0.25) is 11.2 Å². The largest absolute Gasteiger partial charge is 0.299 e. The van der Waals surface area contributed by atoms with Crippen LogP contribution in [0, 0.1) is 0 Å². The van der Waals surface area contributed by atoms with E-state index in [2.05, 4.69) is 28.9 Å². The van der Waals surface area contributed by atoms with Gasteiger partial charge in [0, 0.05) is 11.4 Å². The lowest BCUT2D eigenvalue weighted by molar-refractivity contribution is 0.600. The molecule has 0 aromatic heterocycles. The minimum absolute atomic E-state index is 0.645. The summed E-state index contributed by atoms with van der Waals surface area (Å²) in [4.78, 5) is 1.46. The third kappa shape index (κ3) is 2.95. The smallest absolute Gasteiger partial charge is 0.0590 e. The standard InChI is InChI=1S/C11H17N3S/c12-14-8-13-7-9-3-4-11-10(6-9)2-1-5-15-11/h3-4,6,13-14H,1-2,5,7-8,12H2. The highest BCUT2D eigenvalue weighted by molar-refractivity contribution is 7.99. The van der Waals surface area contributed by atoms with E-state index in [9.17, 15) is 0 Å². The second-order valence-corrected chi connectivity index (χ2v) is 4.84. The average Bonchev–Trinajstić information content (AvgIpc) is 2.29. The Morgan fingerprint density at radius 2 is 2.33 bits per heavy atom. The first-order chi connectivity index (χ1) is 7.40. The molecule has 0 spiro atoms. The van der Waals surface area contributed by atoms with Gasteiger partial charge < -0.3 is 0 Å². The van der Waals surface area contributed by atoms with Crippen molar-refractivity contribution in [3.05, 3.63) is 29.3 Å². The van der Waals surface area contributed by atoms with Crippen LogP contribution in [-0.4, -0.2) is 12.4 Å². The molecule has 1 aliphatic rings. The Hall–Kier alpha value is -0.550. The van der Waals surface area contributed by atoms with Gasteiger partial charge in [0.25, 0.3) is 0 Å². The van der Waals surface area contributed by atoms with E-state index in [4.69, 9.17) is 5.84 Å². The van der Waals surface area contributed by atoms with E-state index < -0.39 is 0 Å². The van der Waals surface area contributed by atoms with Gasteiger partial charge in [0.05, 0.1) is 6.67 Å². The van der Waals surface area contributed by atoms with Gasteiger partial charge in [-0.05, 0) is 35.8 Å². The van der Waals surface area contributed by atoms with Crippen molar-refractivity contribution < 1.29 is 0 Å². The van der Waals surface area contributed by atoms with Crippen molar-refractivity contribution in [2.75, 3.05) is 12.4 Å². The van der Waals surface area contributed by atoms with E-state index in [1.165, 1.54) is 34.6 Å². The average molecular weight is 223 g/mol. The van der Waals surface area contributed by atoms with Gasteiger partial charge in [0.2, 0.25) is 0 Å². The van der Waals surface area contributed by atoms with Crippen molar-refractivity contribution in [1.82, 2.24) is 10.7 Å². The Balaban J connectivity index is 2.00. The molecule has 0 radical (unpaired) electrons. The molecule has 1 aliphatic heterocycles. The molecule has 82 valence electrons. The summed E-state index contributed by atoms with van der Waals surface area (Å²) in [6.45, 7) is 1.52. The quantitative estimate of drug-likeness (QED) is 0.311. The molecule has 0 atom stereocenters. The zero-order valence-corrected chi connectivity index (χ0v) is 9.57. The number of hydrogen-bond acceptors (Lipinski definition) is 4. The predicted molar refractivity (Wildman–Crippen MR) is 64.5 cm³/mol. The summed E-state index contributed by atoms with van der Waals surface area (Å²) in [7, 11) is 0. The Kier molecular flexibility index (Phi) is 4.02. The number of nitrogens with two attached hydrogens (primary N) is 1. The number of aryl methyl sites for hydroxylation is 1. The lowest BCUT2D eigenvalue weighted by atomic mass is 10.1. The second-order valence-electron chi connectivity index (χ2n) is 3.70. The van der Waals surface area contributed by atoms with Gasteiger partial charge in [-0.15, -0.1) is 11.8 Å². The van der Waals surface area contributed by atoms with Crippen LogP contribution in [-0.2, 0) is 13.0 Å². The van der Waals surface area contributed by atoms with Crippen LogP contribution in [0.15, 0.2) is 23.1 Å². The molecule has 4 heteroatoms. The zero-order valence-electron chi connectivity index (χ0n) is 8.75. The fourth-order valence-corrected chi connectivity index (χ4v) is 2.82. The number of fused-ring (bicyclic) bond motifs is 1. The maximum absolute atomic E-state index is 5.19. The summed E-state index contributed by atoms with van der Waals surface area (Å²) in [5.74, 6) is 6.45. The molecule has 2 rings (SSSR count). The fourth-order valence-electron chi connectivity index (χ4n) is 1.80. The molecule has 1 aromatic rings. The molecule has 0 unspecified atom stereocenters. The van der Waals surface area contributed by atoms with Crippen molar-refractivity contribution >= 4 is 11.8 Å². The molecule has 4 N–H and O–H groups in total. The first kappa shape index (κ1) is 11.0. The van der Waals surface area contributed by atoms with Crippen LogP contribution in [0.4, 0.5) is 0 Å². The summed E-state index contributed by atoms with van der Waals surface area (Å²) in [5.41, 5.74) is 5.43. The third-order valence-corrected chi connectivity index (χ3v) is 3.73. The molecule has 1 heterocycles. The monoisotopic (exact) mass is 223 g/mol. The van der Waals surface area contributed by atoms with E-state index in [-0.39, 0.29) is 0 Å². The SMILES string of the molecule is NNCNCc1ccc2c(c1)CCCS2. The van der Waals surface area contributed by atoms with E-state index in [1.807, 2.05) is 11.8 Å². The van der Waals surface area contributed by atoms with Gasteiger partial charge in [-0.1, -0.05) is 12.1 Å². The second kappa shape index (κ2) is 5.51. The highest BCUT2D eigenvalue weighted by Crippen LogP contribution is 2.30. The third-order valence-electron chi connectivity index (χ3n) is 2.53. The molecule has 1 aromatic carbocycles. The maximum atomic E-state index is 5.19. The Bertz CT molecular complexity index is 328. The number of nitrogens with one attached hydrogen (secondary N) is 2. The van der Waals surface area contributed by atoms with Crippen LogP contribution in [0.1, 0.15) is 17.5 Å². The maximum Gasteiger partial charge on any atom is 0.0590 e. The molecule has 3 nitrogen and oxygen atoms in total. The number of benzene rings is 1. The lowest BCUT2D eigenvalue weighted by Crippen LogP contribution is -2.33. The zero-order chi connectivity index (χ0) is 10.5. The lowest BCUT2D eigenvalue weighted by Gasteiger charge is -2.16. The molecule has 0 aliphatic carbocycles. The van der Waals surface area contributed by atoms with Crippen LogP contribution in [0.2, 0.25) is 0 Å². The van der Waals surface area contributed by atoms with E-state index in [0.717, 1.165) is 6.54 Å². The molecule has 15 heavy (non-hydrogen) atoms. The van der Waals surface area contributed by atoms with Crippen LogP contribution in [0.25, 0.3) is 0 Å². The number of hydrazine groups is 1. The molecule has 0 bridgehead atoms. The molecule has 0 saturated carbocycles. The van der Waals surface area contributed by atoms with Gasteiger partial charge in [-0.2, -0.15) is 0 Å². The van der Waals surface area contributed by atoms with Crippen LogP contribution in [0.3, 0.4) is 0 Å². The first-order valence-electron chi connectivity index (χ1n) is 5.29. The Labute approximate surface area is 94.8 Å². The Morgan fingerprint density at radius 1 is 1.40 bits per heavy atom. The van der Waals surface area contributed by atoms with Crippen LogP contribution in [0.5, 0.6) is 0 Å². The van der Waals surface area contributed by atoms with Gasteiger partial charge in [-0.25, -0.2) is 5.43 Å². The molecule has 0 amide bonds. The Morgan fingerprint density at radius 3 is 3.20 bits per heavy atom. The summed E-state index contributed by atoms with van der Waals surface area (Å²) in [6, 6.07) is 6.75. The van der Waals surface area contributed by atoms with Gasteiger partial charge in [0.15, 0.2) is 0 Å². The van der Waals surface area contributed by atoms with Gasteiger partial charge >= 0.3 is 0 Å². The van der Waals surface area contributed by atoms with Crippen molar-refractivity contribution in [3.8, 4) is 0 Å². The molecular formula is C11H17N3S. The molecule has 0 fully saturated rings.